The van der Waals surface area contributed by atoms with E-state index in [0.29, 0.717) is 16.2 Å². The number of carbonyl (C=O) groups is 1. The summed E-state index contributed by atoms with van der Waals surface area (Å²) in [5.41, 5.74) is 0.651. The predicted octanol–water partition coefficient (Wildman–Crippen LogP) is 3.03. The van der Waals surface area contributed by atoms with Gasteiger partial charge in [-0.05, 0) is 19.1 Å². The van der Waals surface area contributed by atoms with Gasteiger partial charge >= 0.3 is 5.97 Å². The van der Waals surface area contributed by atoms with Crippen molar-refractivity contribution in [2.24, 2.45) is 0 Å². The summed E-state index contributed by atoms with van der Waals surface area (Å²) in [7, 11) is 0. The van der Waals surface area contributed by atoms with Crippen molar-refractivity contribution in [2.75, 3.05) is 0 Å². The van der Waals surface area contributed by atoms with E-state index in [-0.39, 0.29) is 21.4 Å². The summed E-state index contributed by atoms with van der Waals surface area (Å²) in [6.07, 6.45) is 0. The number of carboxylic acids is 1. The number of hydrogen-bond donors (Lipinski definition) is 1. The van der Waals surface area contributed by atoms with Gasteiger partial charge in [-0.25, -0.2) is 9.31 Å². The molecule has 3 aromatic rings. The van der Waals surface area contributed by atoms with Crippen LogP contribution in [0.1, 0.15) is 15.4 Å². The Balaban J connectivity index is 2.13. The quantitative estimate of drug-likeness (QED) is 0.580. The summed E-state index contributed by atoms with van der Waals surface area (Å²) in [5, 5.41) is 24.2. The van der Waals surface area contributed by atoms with Crippen LogP contribution in [0.3, 0.4) is 0 Å². The minimum absolute atomic E-state index is 0.0270. The first kappa shape index (κ1) is 14.4. The Morgan fingerprint density at radius 2 is 2.23 bits per heavy atom. The number of carboxylic acid groups (broad SMARTS) is 1. The normalized spacial score (nSPS) is 11.0. The minimum Gasteiger partial charge on any atom is -0.477 e. The van der Waals surface area contributed by atoms with Crippen LogP contribution in [0.5, 0.6) is 0 Å². The first-order valence-electron chi connectivity index (χ1n) is 5.92. The smallest absolute Gasteiger partial charge is 0.347 e. The number of nitro groups is 1. The maximum atomic E-state index is 11.1. The number of nitro benzene ring substituents is 1. The molecule has 1 aromatic carbocycles. The fraction of sp³-hybridized carbons (Fsp3) is 0.0833. The van der Waals surface area contributed by atoms with Gasteiger partial charge in [-0.2, -0.15) is 4.98 Å². The van der Waals surface area contributed by atoms with Crippen LogP contribution in [0, 0.1) is 17.0 Å². The van der Waals surface area contributed by atoms with Gasteiger partial charge in [0.05, 0.1) is 10.6 Å². The van der Waals surface area contributed by atoms with E-state index in [9.17, 15) is 14.9 Å². The van der Waals surface area contributed by atoms with Gasteiger partial charge in [-0.3, -0.25) is 10.1 Å². The predicted molar refractivity (Wildman–Crippen MR) is 79.7 cm³/mol. The monoisotopic (exact) mass is 338 g/mol. The van der Waals surface area contributed by atoms with E-state index in [4.69, 9.17) is 16.7 Å². The van der Waals surface area contributed by atoms with Gasteiger partial charge in [0.2, 0.25) is 4.96 Å². The van der Waals surface area contributed by atoms with E-state index in [1.807, 2.05) is 0 Å². The average Bonchev–Trinajstić information content (AvgIpc) is 2.99. The van der Waals surface area contributed by atoms with Crippen LogP contribution < -0.4 is 0 Å². The fourth-order valence-electron chi connectivity index (χ4n) is 1.96. The van der Waals surface area contributed by atoms with Crippen molar-refractivity contribution in [1.29, 1.82) is 0 Å². The average molecular weight is 339 g/mol. The Kier molecular flexibility index (Phi) is 3.30. The number of fused-ring (bicyclic) bond motifs is 1. The van der Waals surface area contributed by atoms with Gasteiger partial charge in [-0.15, -0.1) is 5.10 Å². The third-order valence-corrected chi connectivity index (χ3v) is 4.45. The van der Waals surface area contributed by atoms with Gasteiger partial charge < -0.3 is 5.11 Å². The molecule has 2 aromatic heterocycles. The zero-order chi connectivity index (χ0) is 16.0. The Labute approximate surface area is 131 Å². The summed E-state index contributed by atoms with van der Waals surface area (Å²) >= 11 is 6.76. The van der Waals surface area contributed by atoms with Crippen molar-refractivity contribution in [3.05, 3.63) is 43.9 Å². The molecule has 0 unspecified atom stereocenters. The molecule has 0 amide bonds. The summed E-state index contributed by atoms with van der Waals surface area (Å²) in [6, 6.07) is 4.26. The molecule has 0 aliphatic rings. The number of halogens is 1. The van der Waals surface area contributed by atoms with Crippen LogP contribution in [-0.4, -0.2) is 30.6 Å². The second-order valence-corrected chi connectivity index (χ2v) is 5.76. The van der Waals surface area contributed by atoms with E-state index in [2.05, 4.69) is 10.1 Å². The molecule has 0 saturated heterocycles. The number of nitrogens with zero attached hydrogens (tertiary/aromatic N) is 4. The molecule has 8 nitrogen and oxygen atoms in total. The molecular weight excluding hydrogens is 332 g/mol. The standard InChI is InChI=1S/C12H7ClN4O4S/c1-5-9(11(18)19)22-12-14-10(15-16(5)12)6-2-3-7(13)8(4-6)17(20)21/h2-4H,1H3,(H,18,19). The van der Waals surface area contributed by atoms with Crippen LogP contribution >= 0.6 is 22.9 Å². The van der Waals surface area contributed by atoms with Crippen molar-refractivity contribution in [3.63, 3.8) is 0 Å². The lowest BCUT2D eigenvalue weighted by Crippen LogP contribution is -1.98. The van der Waals surface area contributed by atoms with Gasteiger partial charge in [0, 0.05) is 11.6 Å². The Morgan fingerprint density at radius 1 is 1.50 bits per heavy atom. The third-order valence-electron chi connectivity index (χ3n) is 3.01. The number of hydrogen-bond acceptors (Lipinski definition) is 6. The summed E-state index contributed by atoms with van der Waals surface area (Å²) in [4.78, 5) is 26.2. The molecule has 0 aliphatic heterocycles. The van der Waals surface area contributed by atoms with Crippen LogP contribution in [-0.2, 0) is 0 Å². The van der Waals surface area contributed by atoms with Crippen molar-refractivity contribution in [2.45, 2.75) is 6.92 Å². The van der Waals surface area contributed by atoms with E-state index < -0.39 is 10.9 Å². The van der Waals surface area contributed by atoms with Crippen molar-refractivity contribution in [1.82, 2.24) is 14.6 Å². The Bertz CT molecular complexity index is 933. The Morgan fingerprint density at radius 3 is 2.82 bits per heavy atom. The molecule has 1 N–H and O–H groups in total. The molecule has 0 bridgehead atoms. The number of aryl methyl sites for hydroxylation is 1. The number of benzene rings is 1. The highest BCUT2D eigenvalue weighted by Crippen LogP contribution is 2.30. The van der Waals surface area contributed by atoms with Gasteiger partial charge in [-0.1, -0.05) is 22.9 Å². The number of thiazole rings is 1. The maximum Gasteiger partial charge on any atom is 0.347 e. The van der Waals surface area contributed by atoms with Crippen LogP contribution in [0.4, 0.5) is 5.69 Å². The lowest BCUT2D eigenvalue weighted by molar-refractivity contribution is -0.384. The molecule has 112 valence electrons. The number of aromatic nitrogens is 3. The summed E-state index contributed by atoms with van der Waals surface area (Å²) in [6.45, 7) is 1.62. The maximum absolute atomic E-state index is 11.1. The highest BCUT2D eigenvalue weighted by atomic mass is 35.5. The lowest BCUT2D eigenvalue weighted by Gasteiger charge is -1.98. The molecule has 0 aliphatic carbocycles. The third kappa shape index (κ3) is 2.20. The van der Waals surface area contributed by atoms with Gasteiger partial charge in [0.15, 0.2) is 5.82 Å². The molecule has 22 heavy (non-hydrogen) atoms. The van der Waals surface area contributed by atoms with Crippen LogP contribution in [0.25, 0.3) is 16.3 Å². The second kappa shape index (κ2) is 5.04. The van der Waals surface area contributed by atoms with E-state index >= 15 is 0 Å². The van der Waals surface area contributed by atoms with Crippen molar-refractivity contribution < 1.29 is 14.8 Å². The zero-order valence-electron chi connectivity index (χ0n) is 11.0. The lowest BCUT2D eigenvalue weighted by atomic mass is 10.2. The largest absolute Gasteiger partial charge is 0.477 e. The fourth-order valence-corrected chi connectivity index (χ4v) is 3.04. The molecule has 2 heterocycles. The molecule has 0 spiro atoms. The molecule has 0 saturated carbocycles. The first-order valence-corrected chi connectivity index (χ1v) is 7.11. The van der Waals surface area contributed by atoms with Crippen LogP contribution in [0.15, 0.2) is 18.2 Å². The van der Waals surface area contributed by atoms with E-state index in [1.165, 1.54) is 16.6 Å². The zero-order valence-corrected chi connectivity index (χ0v) is 12.6. The van der Waals surface area contributed by atoms with Gasteiger partial charge in [0.1, 0.15) is 9.90 Å². The molecule has 0 atom stereocenters. The summed E-state index contributed by atoms with van der Waals surface area (Å²) in [5.74, 6) is -0.774. The topological polar surface area (TPSA) is 111 Å². The number of aromatic carboxylic acids is 1. The van der Waals surface area contributed by atoms with E-state index in [1.54, 1.807) is 13.0 Å². The second-order valence-electron chi connectivity index (χ2n) is 4.37. The molecule has 3 rings (SSSR count). The minimum atomic E-state index is -1.04. The molecule has 10 heteroatoms. The number of rotatable bonds is 3. The van der Waals surface area contributed by atoms with E-state index in [0.717, 1.165) is 11.3 Å². The van der Waals surface area contributed by atoms with Gasteiger partial charge in [0.25, 0.3) is 5.69 Å². The Hall–Kier alpha value is -2.52. The first-order chi connectivity index (χ1) is 10.4. The molecule has 0 fully saturated rings. The molecular formula is C12H7ClN4O4S. The highest BCUT2D eigenvalue weighted by molar-refractivity contribution is 7.18. The molecule has 0 radical (unpaired) electrons. The summed E-state index contributed by atoms with van der Waals surface area (Å²) < 4.78 is 1.41. The van der Waals surface area contributed by atoms with Crippen molar-refractivity contribution in [3.8, 4) is 11.4 Å². The van der Waals surface area contributed by atoms with Crippen LogP contribution in [0.2, 0.25) is 5.02 Å². The highest BCUT2D eigenvalue weighted by Gasteiger charge is 2.20. The SMILES string of the molecule is Cc1c(C(=O)O)sc2nc(-c3ccc(Cl)c([N+](=O)[O-])c3)nn12. The van der Waals surface area contributed by atoms with Crippen molar-refractivity contribution >= 4 is 39.6 Å².